The van der Waals surface area contributed by atoms with Crippen molar-refractivity contribution in [2.45, 2.75) is 252 Å². The Morgan fingerprint density at radius 1 is 0.242 bits per heavy atom. The number of hydrogen-bond donors (Lipinski definition) is 3. The van der Waals surface area contributed by atoms with E-state index in [1.165, 1.54) is 116 Å². The van der Waals surface area contributed by atoms with Gasteiger partial charge in [0.1, 0.15) is 0 Å². The summed E-state index contributed by atoms with van der Waals surface area (Å²) in [6, 6.07) is 0. The fourth-order valence-corrected chi connectivity index (χ4v) is 6.82. The summed E-state index contributed by atoms with van der Waals surface area (Å²) in [5.41, 5.74) is 15.3. The fourth-order valence-electron chi connectivity index (χ4n) is 6.82. The molecule has 6 heteroatoms. The van der Waals surface area contributed by atoms with Gasteiger partial charge in [0.05, 0.1) is 0 Å². The molecule has 0 saturated heterocycles. The van der Waals surface area contributed by atoms with Crippen LogP contribution in [0.3, 0.4) is 0 Å². The van der Waals surface area contributed by atoms with E-state index in [2.05, 4.69) is 130 Å². The summed E-state index contributed by atoms with van der Waals surface area (Å²) in [6.45, 7) is 6.48. The lowest BCUT2D eigenvalue weighted by atomic mass is 10.1. The van der Waals surface area contributed by atoms with Crippen LogP contribution in [0.4, 0.5) is 0 Å². The Morgan fingerprint density at radius 2 is 0.409 bits per heavy atom. The molecule has 0 aliphatic carbocycles. The van der Waals surface area contributed by atoms with Gasteiger partial charge in [0, 0.05) is 19.3 Å². The van der Waals surface area contributed by atoms with E-state index in [-0.39, 0.29) is 17.7 Å². The summed E-state index contributed by atoms with van der Waals surface area (Å²) in [5.74, 6) is -0.503. The molecule has 0 rings (SSSR count). The van der Waals surface area contributed by atoms with Gasteiger partial charge in [-0.15, -0.1) is 0 Å². The minimum Gasteiger partial charge on any atom is -0.370 e. The highest BCUT2D eigenvalue weighted by atomic mass is 16.1. The molecule has 0 spiro atoms. The highest BCUT2D eigenvalue weighted by Crippen LogP contribution is 2.12. The predicted octanol–water partition coefficient (Wildman–Crippen LogP) is 17.5. The molecule has 0 aliphatic heterocycles. The van der Waals surface area contributed by atoms with E-state index in [1.807, 2.05) is 0 Å². The van der Waals surface area contributed by atoms with E-state index in [1.54, 1.807) is 0 Å². The standard InChI is InChI=1S/3C20H35NO/c3*1-2-3-4-5-6-7-8-9-10-11-12-13-14-15-16-17-18-19-20(21)22/h3*3-4,6-7,9-10H,2,5,8,11-19H2,1H3,(H2,21,22). The van der Waals surface area contributed by atoms with Gasteiger partial charge in [-0.2, -0.15) is 0 Å². The normalized spacial score (nSPS) is 12.0. The lowest BCUT2D eigenvalue weighted by Crippen LogP contribution is -2.09. The number of carbonyl (C=O) groups is 3. The van der Waals surface area contributed by atoms with E-state index in [0.717, 1.165) is 96.3 Å². The van der Waals surface area contributed by atoms with Gasteiger partial charge in [-0.05, 0) is 116 Å². The number of hydrogen-bond acceptors (Lipinski definition) is 3. The van der Waals surface area contributed by atoms with Gasteiger partial charge in [0.15, 0.2) is 0 Å². The highest BCUT2D eigenvalue weighted by Gasteiger charge is 1.97. The molecule has 3 amide bonds. The molecule has 0 aliphatic rings. The molecule has 0 bridgehead atoms. The maximum atomic E-state index is 10.6. The quantitative estimate of drug-likeness (QED) is 0.0415. The fraction of sp³-hybridized carbons (Fsp3) is 0.650. The average Bonchev–Trinajstić information content (AvgIpc) is 3.29. The Balaban J connectivity index is -0.000000902. The van der Waals surface area contributed by atoms with Crippen molar-refractivity contribution >= 4 is 17.7 Å². The first-order valence-corrected chi connectivity index (χ1v) is 27.0. The molecule has 0 fully saturated rings. The highest BCUT2D eigenvalue weighted by molar-refractivity contribution is 5.74. The van der Waals surface area contributed by atoms with Crippen molar-refractivity contribution in [1.29, 1.82) is 0 Å². The van der Waals surface area contributed by atoms with Crippen LogP contribution in [0, 0.1) is 0 Å². The molecular formula is C60H105N3O3. The Morgan fingerprint density at radius 3 is 0.606 bits per heavy atom. The third kappa shape index (κ3) is 74.4. The molecule has 66 heavy (non-hydrogen) atoms. The van der Waals surface area contributed by atoms with Crippen molar-refractivity contribution in [3.63, 3.8) is 0 Å². The zero-order valence-corrected chi connectivity index (χ0v) is 43.3. The van der Waals surface area contributed by atoms with Crippen LogP contribution in [-0.4, -0.2) is 17.7 Å². The van der Waals surface area contributed by atoms with Gasteiger partial charge >= 0.3 is 0 Å². The summed E-state index contributed by atoms with van der Waals surface area (Å²) in [6.07, 6.45) is 81.0. The molecule has 0 heterocycles. The number of carbonyl (C=O) groups excluding carboxylic acids is 3. The zero-order valence-electron chi connectivity index (χ0n) is 43.3. The number of allylic oxidation sites excluding steroid dienone is 18. The third-order valence-corrected chi connectivity index (χ3v) is 10.7. The smallest absolute Gasteiger partial charge is 0.217 e. The van der Waals surface area contributed by atoms with Gasteiger partial charge in [-0.25, -0.2) is 0 Å². The summed E-state index contributed by atoms with van der Waals surface area (Å²) < 4.78 is 0. The molecule has 0 radical (unpaired) electrons. The molecule has 0 atom stereocenters. The first kappa shape index (κ1) is 66.3. The number of nitrogens with two attached hydrogens (primary N) is 3. The van der Waals surface area contributed by atoms with Crippen LogP contribution in [0.5, 0.6) is 0 Å². The minimum atomic E-state index is -0.168. The third-order valence-electron chi connectivity index (χ3n) is 10.7. The van der Waals surface area contributed by atoms with Crippen LogP contribution in [0.25, 0.3) is 0 Å². The molecule has 0 aromatic heterocycles. The summed E-state index contributed by atoms with van der Waals surface area (Å²) in [7, 11) is 0. The summed E-state index contributed by atoms with van der Waals surface area (Å²) in [4.78, 5) is 31.7. The Bertz CT molecular complexity index is 1140. The van der Waals surface area contributed by atoms with Gasteiger partial charge in [-0.3, -0.25) is 14.4 Å². The van der Waals surface area contributed by atoms with Crippen molar-refractivity contribution < 1.29 is 14.4 Å². The van der Waals surface area contributed by atoms with Crippen molar-refractivity contribution in [2.24, 2.45) is 17.2 Å². The summed E-state index contributed by atoms with van der Waals surface area (Å²) in [5, 5.41) is 0. The van der Waals surface area contributed by atoms with Crippen LogP contribution in [0.1, 0.15) is 252 Å². The van der Waals surface area contributed by atoms with Gasteiger partial charge in [0.25, 0.3) is 0 Å². The van der Waals surface area contributed by atoms with Crippen LogP contribution in [0.15, 0.2) is 109 Å². The maximum absolute atomic E-state index is 10.6. The summed E-state index contributed by atoms with van der Waals surface area (Å²) >= 11 is 0. The number of unbranched alkanes of at least 4 members (excludes halogenated alkanes) is 21. The van der Waals surface area contributed by atoms with Crippen LogP contribution in [0.2, 0.25) is 0 Å². The lowest BCUT2D eigenvalue weighted by molar-refractivity contribution is -0.119. The second-order valence-corrected chi connectivity index (χ2v) is 17.3. The largest absolute Gasteiger partial charge is 0.370 e. The Kier molecular flexibility index (Phi) is 63.5. The number of primary amides is 3. The molecule has 0 unspecified atom stereocenters. The average molecular weight is 917 g/mol. The van der Waals surface area contributed by atoms with Gasteiger partial charge < -0.3 is 17.2 Å². The van der Waals surface area contributed by atoms with Crippen molar-refractivity contribution in [3.8, 4) is 0 Å². The second kappa shape index (κ2) is 63.2. The lowest BCUT2D eigenvalue weighted by Gasteiger charge is -2.00. The first-order chi connectivity index (χ1) is 32.3. The second-order valence-electron chi connectivity index (χ2n) is 17.3. The molecule has 0 saturated carbocycles. The van der Waals surface area contributed by atoms with Crippen LogP contribution in [-0.2, 0) is 14.4 Å². The van der Waals surface area contributed by atoms with Gasteiger partial charge in [0.2, 0.25) is 17.7 Å². The SMILES string of the molecule is CCC=CCC=CCC=CCCCCCCCCCC(N)=O.CCC=CCC=CCC=CCCCCCCCCCC(N)=O.CCC=CCC=CCC=CCCCCCCCCCC(N)=O. The topological polar surface area (TPSA) is 129 Å². The monoisotopic (exact) mass is 916 g/mol. The molecule has 0 aromatic rings. The van der Waals surface area contributed by atoms with E-state index in [9.17, 15) is 14.4 Å². The van der Waals surface area contributed by atoms with E-state index < -0.39 is 0 Å². The van der Waals surface area contributed by atoms with Crippen LogP contribution < -0.4 is 17.2 Å². The maximum Gasteiger partial charge on any atom is 0.217 e. The molecule has 6 nitrogen and oxygen atoms in total. The van der Waals surface area contributed by atoms with E-state index in [4.69, 9.17) is 17.2 Å². The minimum absolute atomic E-state index is 0.168. The zero-order chi connectivity index (χ0) is 48.9. The number of rotatable bonds is 45. The first-order valence-electron chi connectivity index (χ1n) is 27.0. The van der Waals surface area contributed by atoms with Crippen LogP contribution >= 0.6 is 0 Å². The van der Waals surface area contributed by atoms with Gasteiger partial charge in [-0.1, -0.05) is 226 Å². The van der Waals surface area contributed by atoms with E-state index >= 15 is 0 Å². The molecule has 0 aromatic carbocycles. The van der Waals surface area contributed by atoms with Crippen molar-refractivity contribution in [2.75, 3.05) is 0 Å². The van der Waals surface area contributed by atoms with Crippen molar-refractivity contribution in [1.82, 2.24) is 0 Å². The molecular weight excluding hydrogens is 811 g/mol. The molecule has 378 valence electrons. The Hall–Kier alpha value is -3.93. The molecule has 6 N–H and O–H groups in total. The number of amides is 3. The van der Waals surface area contributed by atoms with E-state index in [0.29, 0.717) is 19.3 Å². The predicted molar refractivity (Wildman–Crippen MR) is 293 cm³/mol. The van der Waals surface area contributed by atoms with Crippen molar-refractivity contribution in [3.05, 3.63) is 109 Å². The Labute approximate surface area is 409 Å².